The van der Waals surface area contributed by atoms with Crippen LogP contribution in [0, 0.1) is 11.7 Å². The van der Waals surface area contributed by atoms with Gasteiger partial charge in [0.05, 0.1) is 6.54 Å². The third kappa shape index (κ3) is 6.79. The minimum absolute atomic E-state index is 0.213. The van der Waals surface area contributed by atoms with Crippen molar-refractivity contribution in [3.63, 3.8) is 0 Å². The molecule has 0 radical (unpaired) electrons. The minimum atomic E-state index is -0.213. The molecule has 1 aromatic carbocycles. The van der Waals surface area contributed by atoms with Crippen LogP contribution in [-0.4, -0.2) is 19.0 Å². The Balaban J connectivity index is 2.49. The first-order valence-corrected chi connectivity index (χ1v) is 6.88. The molecule has 3 nitrogen and oxygen atoms in total. The highest BCUT2D eigenvalue weighted by Crippen LogP contribution is 2.04. The van der Waals surface area contributed by atoms with E-state index in [1.165, 1.54) is 12.1 Å². The van der Waals surface area contributed by atoms with E-state index in [9.17, 15) is 4.39 Å². The molecule has 0 heterocycles. The number of nitrogens with one attached hydrogen (secondary N) is 2. The van der Waals surface area contributed by atoms with Crippen molar-refractivity contribution in [2.24, 2.45) is 10.9 Å². The summed E-state index contributed by atoms with van der Waals surface area (Å²) in [6.07, 6.45) is 1.11. The summed E-state index contributed by atoms with van der Waals surface area (Å²) in [6.45, 7) is 8.73. The number of hydrogen-bond donors (Lipinski definition) is 2. The van der Waals surface area contributed by atoms with Gasteiger partial charge in [0.2, 0.25) is 0 Å². The number of rotatable bonds is 6. The Morgan fingerprint density at radius 2 is 1.89 bits per heavy atom. The van der Waals surface area contributed by atoms with E-state index in [1.807, 2.05) is 6.92 Å². The van der Waals surface area contributed by atoms with E-state index in [1.54, 1.807) is 12.1 Å². The maximum absolute atomic E-state index is 12.8. The molecule has 1 aromatic rings. The highest BCUT2D eigenvalue weighted by Gasteiger charge is 1.99. The van der Waals surface area contributed by atoms with Crippen LogP contribution >= 0.6 is 0 Å². The number of aliphatic imine (C=N–C) groups is 1. The fourth-order valence-electron chi connectivity index (χ4n) is 1.58. The summed E-state index contributed by atoms with van der Waals surface area (Å²) in [6, 6.07) is 6.45. The van der Waals surface area contributed by atoms with Gasteiger partial charge in [-0.1, -0.05) is 26.0 Å². The maximum Gasteiger partial charge on any atom is 0.191 e. The zero-order chi connectivity index (χ0) is 14.1. The Morgan fingerprint density at radius 3 is 2.47 bits per heavy atom. The highest BCUT2D eigenvalue weighted by atomic mass is 19.1. The van der Waals surface area contributed by atoms with Gasteiger partial charge in [0.1, 0.15) is 5.82 Å². The number of halogens is 1. The zero-order valence-electron chi connectivity index (χ0n) is 12.0. The van der Waals surface area contributed by atoms with E-state index in [0.29, 0.717) is 12.5 Å². The van der Waals surface area contributed by atoms with Gasteiger partial charge < -0.3 is 10.6 Å². The monoisotopic (exact) mass is 265 g/mol. The van der Waals surface area contributed by atoms with Crippen molar-refractivity contribution < 1.29 is 4.39 Å². The fraction of sp³-hybridized carbons (Fsp3) is 0.533. The number of nitrogens with zero attached hydrogens (tertiary/aromatic N) is 1. The van der Waals surface area contributed by atoms with Gasteiger partial charge in [-0.05, 0) is 37.0 Å². The van der Waals surface area contributed by atoms with Crippen LogP contribution in [0.1, 0.15) is 32.8 Å². The molecule has 0 unspecified atom stereocenters. The Hall–Kier alpha value is -1.58. The van der Waals surface area contributed by atoms with Crippen LogP contribution in [-0.2, 0) is 6.54 Å². The van der Waals surface area contributed by atoms with Crippen LogP contribution in [0.4, 0.5) is 4.39 Å². The molecule has 19 heavy (non-hydrogen) atoms. The van der Waals surface area contributed by atoms with Gasteiger partial charge in [-0.3, -0.25) is 0 Å². The molecular formula is C15H24FN3. The number of hydrogen-bond acceptors (Lipinski definition) is 1. The van der Waals surface area contributed by atoms with E-state index in [2.05, 4.69) is 29.5 Å². The first-order valence-electron chi connectivity index (χ1n) is 6.88. The van der Waals surface area contributed by atoms with Gasteiger partial charge in [-0.25, -0.2) is 9.38 Å². The molecule has 0 aromatic heterocycles. The lowest BCUT2D eigenvalue weighted by atomic mass is 10.1. The summed E-state index contributed by atoms with van der Waals surface area (Å²) in [7, 11) is 0. The van der Waals surface area contributed by atoms with Crippen molar-refractivity contribution in [1.29, 1.82) is 0 Å². The molecule has 0 atom stereocenters. The molecular weight excluding hydrogens is 241 g/mol. The van der Waals surface area contributed by atoms with Crippen molar-refractivity contribution in [1.82, 2.24) is 10.6 Å². The third-order valence-corrected chi connectivity index (χ3v) is 2.69. The van der Waals surface area contributed by atoms with Gasteiger partial charge in [0.15, 0.2) is 5.96 Å². The normalized spacial score (nSPS) is 11.7. The second kappa shape index (κ2) is 8.51. The largest absolute Gasteiger partial charge is 0.357 e. The van der Waals surface area contributed by atoms with Crippen LogP contribution in [0.2, 0.25) is 0 Å². The second-order valence-electron chi connectivity index (χ2n) is 4.93. The highest BCUT2D eigenvalue weighted by molar-refractivity contribution is 5.79. The lowest BCUT2D eigenvalue weighted by Crippen LogP contribution is -2.38. The van der Waals surface area contributed by atoms with Crippen LogP contribution < -0.4 is 10.6 Å². The molecule has 0 aliphatic carbocycles. The molecule has 0 saturated heterocycles. The minimum Gasteiger partial charge on any atom is -0.357 e. The predicted octanol–water partition coefficient (Wildman–Crippen LogP) is 2.93. The lowest BCUT2D eigenvalue weighted by molar-refractivity contribution is 0.573. The van der Waals surface area contributed by atoms with Crippen molar-refractivity contribution >= 4 is 5.96 Å². The number of guanidine groups is 1. The molecule has 0 aliphatic heterocycles. The summed E-state index contributed by atoms with van der Waals surface area (Å²) in [5.74, 6) is 1.27. The van der Waals surface area contributed by atoms with Crippen LogP contribution in [0.5, 0.6) is 0 Å². The molecule has 1 rings (SSSR count). The van der Waals surface area contributed by atoms with Gasteiger partial charge in [-0.2, -0.15) is 0 Å². The van der Waals surface area contributed by atoms with E-state index in [0.717, 1.165) is 31.0 Å². The average molecular weight is 265 g/mol. The Labute approximate surface area is 115 Å². The SMILES string of the molecule is CCNC(=NCc1ccc(F)cc1)NCCC(C)C. The first kappa shape index (κ1) is 15.5. The smallest absolute Gasteiger partial charge is 0.191 e. The molecule has 0 saturated carbocycles. The number of benzene rings is 1. The molecule has 0 bridgehead atoms. The third-order valence-electron chi connectivity index (χ3n) is 2.69. The summed E-state index contributed by atoms with van der Waals surface area (Å²) in [4.78, 5) is 4.48. The molecule has 0 spiro atoms. The molecule has 0 fully saturated rings. The van der Waals surface area contributed by atoms with Crippen molar-refractivity contribution in [3.05, 3.63) is 35.6 Å². The fourth-order valence-corrected chi connectivity index (χ4v) is 1.58. The van der Waals surface area contributed by atoms with E-state index in [4.69, 9.17) is 0 Å². The molecule has 106 valence electrons. The topological polar surface area (TPSA) is 36.4 Å². The summed E-state index contributed by atoms with van der Waals surface area (Å²) >= 11 is 0. The van der Waals surface area contributed by atoms with Crippen LogP contribution in [0.3, 0.4) is 0 Å². The van der Waals surface area contributed by atoms with E-state index >= 15 is 0 Å². The lowest BCUT2D eigenvalue weighted by Gasteiger charge is -2.12. The molecule has 0 amide bonds. The molecule has 0 aliphatic rings. The summed E-state index contributed by atoms with van der Waals surface area (Å²) in [5.41, 5.74) is 1.00. The first-order chi connectivity index (χ1) is 9.11. The Kier molecular flexibility index (Phi) is 6.93. The van der Waals surface area contributed by atoms with E-state index in [-0.39, 0.29) is 5.82 Å². The van der Waals surface area contributed by atoms with E-state index < -0.39 is 0 Å². The van der Waals surface area contributed by atoms with Crippen molar-refractivity contribution in [2.75, 3.05) is 13.1 Å². The predicted molar refractivity (Wildman–Crippen MR) is 78.7 cm³/mol. The molecule has 2 N–H and O–H groups in total. The summed E-state index contributed by atoms with van der Waals surface area (Å²) in [5, 5.41) is 6.50. The maximum atomic E-state index is 12.8. The quantitative estimate of drug-likeness (QED) is 0.613. The van der Waals surface area contributed by atoms with Gasteiger partial charge in [0.25, 0.3) is 0 Å². The Bertz CT molecular complexity index is 385. The van der Waals surface area contributed by atoms with Crippen molar-refractivity contribution in [2.45, 2.75) is 33.7 Å². The standard InChI is InChI=1S/C15H24FN3/c1-4-17-15(18-10-9-12(2)3)19-11-13-5-7-14(16)8-6-13/h5-8,12H,4,9-11H2,1-3H3,(H2,17,18,19). The van der Waals surface area contributed by atoms with Gasteiger partial charge >= 0.3 is 0 Å². The summed E-state index contributed by atoms with van der Waals surface area (Å²) < 4.78 is 12.8. The Morgan fingerprint density at radius 1 is 1.21 bits per heavy atom. The van der Waals surface area contributed by atoms with Crippen LogP contribution in [0.15, 0.2) is 29.3 Å². The molecule has 4 heteroatoms. The second-order valence-corrected chi connectivity index (χ2v) is 4.93. The van der Waals surface area contributed by atoms with Crippen LogP contribution in [0.25, 0.3) is 0 Å². The van der Waals surface area contributed by atoms with Gasteiger partial charge in [-0.15, -0.1) is 0 Å². The zero-order valence-corrected chi connectivity index (χ0v) is 12.0. The van der Waals surface area contributed by atoms with Crippen molar-refractivity contribution in [3.8, 4) is 0 Å². The average Bonchev–Trinajstić information content (AvgIpc) is 2.37. The van der Waals surface area contributed by atoms with Gasteiger partial charge in [0, 0.05) is 13.1 Å².